The van der Waals surface area contributed by atoms with E-state index in [1.807, 2.05) is 0 Å². The van der Waals surface area contributed by atoms with E-state index in [2.05, 4.69) is 12.6 Å². The molecule has 8 atom stereocenters. The van der Waals surface area contributed by atoms with E-state index in [-0.39, 0.29) is 17.9 Å². The lowest BCUT2D eigenvalue weighted by molar-refractivity contribution is -0.275. The van der Waals surface area contributed by atoms with Gasteiger partial charge in [-0.05, 0) is 25.3 Å². The molecule has 174 valence electrons. The molecular formula is C21H27F5N2O2S. The zero-order valence-electron chi connectivity index (χ0n) is 17.4. The van der Waals surface area contributed by atoms with Crippen LogP contribution in [0.15, 0.2) is 24.3 Å². The number of hydrogen-bond acceptors (Lipinski definition) is 5. The van der Waals surface area contributed by atoms with Crippen molar-refractivity contribution in [2.75, 3.05) is 7.11 Å². The first-order valence-corrected chi connectivity index (χ1v) is 10.5. The molecule has 3 rings (SSSR count). The summed E-state index contributed by atoms with van der Waals surface area (Å²) in [5.41, 5.74) is 9.64. The third-order valence-corrected chi connectivity index (χ3v) is 7.50. The normalized spacial score (nSPS) is 38.5. The first kappa shape index (κ1) is 24.3. The number of nitrogens with two attached hydrogens (primary N) is 2. The van der Waals surface area contributed by atoms with Crippen LogP contribution < -0.4 is 16.2 Å². The Bertz CT molecular complexity index is 852. The van der Waals surface area contributed by atoms with Crippen LogP contribution in [0, 0.1) is 23.5 Å². The molecule has 1 aliphatic carbocycles. The smallest absolute Gasteiger partial charge is 0.417 e. The molecule has 1 fully saturated rings. The number of ether oxygens (including phenoxy) is 2. The number of methoxy groups -OCH3 is 1. The molecule has 1 aromatic rings. The number of benzene rings is 1. The molecule has 0 saturated carbocycles. The van der Waals surface area contributed by atoms with Gasteiger partial charge in [-0.25, -0.2) is 4.39 Å². The predicted octanol–water partition coefficient (Wildman–Crippen LogP) is 3.94. The fourth-order valence-corrected chi connectivity index (χ4v) is 5.10. The molecule has 1 heterocycles. The second-order valence-electron chi connectivity index (χ2n) is 8.49. The van der Waals surface area contributed by atoms with Crippen LogP contribution in [0.25, 0.3) is 0 Å². The maximum absolute atomic E-state index is 14.4. The van der Waals surface area contributed by atoms with Gasteiger partial charge in [0.05, 0.1) is 13.2 Å². The maximum atomic E-state index is 14.4. The zero-order chi connectivity index (χ0) is 23.3. The van der Waals surface area contributed by atoms with E-state index >= 15 is 0 Å². The summed E-state index contributed by atoms with van der Waals surface area (Å²) in [7, 11) is 1.15. The summed E-state index contributed by atoms with van der Waals surface area (Å²) >= 11 is 4.52. The lowest BCUT2D eigenvalue weighted by atomic mass is 9.74. The highest BCUT2D eigenvalue weighted by molar-refractivity contribution is 7.81. The minimum atomic E-state index is -4.67. The van der Waals surface area contributed by atoms with Crippen LogP contribution in [0.2, 0.25) is 0 Å². The average Bonchev–Trinajstić information content (AvgIpc) is 2.95. The molecule has 0 radical (unpaired) electrons. The van der Waals surface area contributed by atoms with Gasteiger partial charge in [0.15, 0.2) is 17.2 Å². The van der Waals surface area contributed by atoms with Gasteiger partial charge >= 0.3 is 6.18 Å². The predicted molar refractivity (Wildman–Crippen MR) is 110 cm³/mol. The van der Waals surface area contributed by atoms with Gasteiger partial charge in [-0.1, -0.05) is 25.1 Å². The van der Waals surface area contributed by atoms with Crippen molar-refractivity contribution < 1.29 is 31.4 Å². The van der Waals surface area contributed by atoms with Crippen LogP contribution >= 0.6 is 12.6 Å². The minimum absolute atomic E-state index is 0.128. The fraction of sp³-hybridized carbons (Fsp3) is 0.619. The molecule has 0 spiro atoms. The van der Waals surface area contributed by atoms with E-state index in [0.717, 1.165) is 20.1 Å². The molecular weight excluding hydrogens is 439 g/mol. The van der Waals surface area contributed by atoms with Crippen molar-refractivity contribution in [2.24, 2.45) is 23.3 Å². The Balaban J connectivity index is 2.06. The van der Waals surface area contributed by atoms with Gasteiger partial charge in [0, 0.05) is 34.7 Å². The van der Waals surface area contributed by atoms with E-state index in [1.54, 1.807) is 12.2 Å². The summed E-state index contributed by atoms with van der Waals surface area (Å²) in [6, 6.07) is 1.25. The van der Waals surface area contributed by atoms with Crippen LogP contribution in [-0.4, -0.2) is 42.3 Å². The number of alkyl halides is 3. The van der Waals surface area contributed by atoms with Crippen molar-refractivity contribution in [2.45, 2.75) is 61.4 Å². The summed E-state index contributed by atoms with van der Waals surface area (Å²) in [6.45, 7) is 2.38. The second-order valence-corrected chi connectivity index (χ2v) is 9.09. The summed E-state index contributed by atoms with van der Waals surface area (Å²) in [5, 5.41) is -0.399. The lowest BCUT2D eigenvalue weighted by Gasteiger charge is -2.35. The quantitative estimate of drug-likeness (QED) is 0.357. The van der Waals surface area contributed by atoms with E-state index < -0.39 is 64.4 Å². The van der Waals surface area contributed by atoms with Crippen molar-refractivity contribution in [3.8, 4) is 5.75 Å². The molecule has 1 aliphatic heterocycles. The Morgan fingerprint density at radius 1 is 1.19 bits per heavy atom. The molecule has 2 aliphatic rings. The molecule has 1 saturated heterocycles. The largest absolute Gasteiger partial charge is 0.493 e. The van der Waals surface area contributed by atoms with E-state index in [1.165, 1.54) is 13.0 Å². The van der Waals surface area contributed by atoms with Crippen molar-refractivity contribution in [1.29, 1.82) is 0 Å². The fourth-order valence-electron chi connectivity index (χ4n) is 4.68. The molecule has 4 nitrogen and oxygen atoms in total. The standard InChI is InChI=1S/C21H27F5N2O2S/c1-9-15(11-5-6-12(22)16(23)18(11)29-3)14(30-20(9,2)21(24,25)26)8-10-4-7-13(27)17(28)19(10)31/h4-7,9-10,13-15,17,19,31H,8,27-28H2,1-3H3/t9?,10-,13?,14-,15?,17?,19?,20+/m0/s1. The highest BCUT2D eigenvalue weighted by atomic mass is 32.1. The molecule has 4 N–H and O–H groups in total. The summed E-state index contributed by atoms with van der Waals surface area (Å²) < 4.78 is 80.8. The molecule has 5 unspecified atom stereocenters. The van der Waals surface area contributed by atoms with Crippen molar-refractivity contribution in [3.63, 3.8) is 0 Å². The number of hydrogen-bond donors (Lipinski definition) is 3. The Morgan fingerprint density at radius 2 is 1.84 bits per heavy atom. The molecule has 0 aromatic heterocycles. The molecule has 31 heavy (non-hydrogen) atoms. The number of thiol groups is 1. The van der Waals surface area contributed by atoms with Crippen LogP contribution in [0.5, 0.6) is 5.75 Å². The Kier molecular flexibility index (Phi) is 6.68. The van der Waals surface area contributed by atoms with Gasteiger partial charge in [-0.3, -0.25) is 0 Å². The molecule has 1 aromatic carbocycles. The van der Waals surface area contributed by atoms with E-state index in [0.29, 0.717) is 0 Å². The first-order chi connectivity index (χ1) is 14.3. The summed E-state index contributed by atoms with van der Waals surface area (Å²) in [6.07, 6.45) is -2.01. The average molecular weight is 467 g/mol. The molecule has 0 bridgehead atoms. The Morgan fingerprint density at radius 3 is 2.42 bits per heavy atom. The molecule has 10 heteroatoms. The van der Waals surface area contributed by atoms with E-state index in [4.69, 9.17) is 20.9 Å². The molecule has 0 amide bonds. The second kappa shape index (κ2) is 8.53. The highest BCUT2D eigenvalue weighted by Crippen LogP contribution is 2.56. The van der Waals surface area contributed by atoms with Crippen LogP contribution in [0.3, 0.4) is 0 Å². The van der Waals surface area contributed by atoms with Crippen molar-refractivity contribution in [3.05, 3.63) is 41.5 Å². The third kappa shape index (κ3) is 4.07. The number of rotatable bonds is 4. The zero-order valence-corrected chi connectivity index (χ0v) is 18.3. The van der Waals surface area contributed by atoms with Gasteiger partial charge in [0.2, 0.25) is 5.82 Å². The SMILES string of the molecule is COc1c(C2C(C)[C@](C)(C(F)(F)F)O[C@H]2C[C@@H]2C=CC(N)C(N)C2S)ccc(F)c1F. The highest BCUT2D eigenvalue weighted by Gasteiger charge is 2.64. The lowest BCUT2D eigenvalue weighted by Crippen LogP contribution is -2.51. The van der Waals surface area contributed by atoms with E-state index in [9.17, 15) is 22.0 Å². The maximum Gasteiger partial charge on any atom is 0.417 e. The van der Waals surface area contributed by atoms with Gasteiger partial charge in [-0.15, -0.1) is 0 Å². The van der Waals surface area contributed by atoms with Crippen LogP contribution in [-0.2, 0) is 4.74 Å². The number of allylic oxidation sites excluding steroid dienone is 1. The first-order valence-electron chi connectivity index (χ1n) is 9.97. The minimum Gasteiger partial charge on any atom is -0.493 e. The van der Waals surface area contributed by atoms with Crippen molar-refractivity contribution >= 4 is 12.6 Å². The van der Waals surface area contributed by atoms with Gasteiger partial charge in [-0.2, -0.15) is 30.2 Å². The Hall–Kier alpha value is -1.36. The Labute approximate surface area is 183 Å². The van der Waals surface area contributed by atoms with Crippen molar-refractivity contribution in [1.82, 2.24) is 0 Å². The van der Waals surface area contributed by atoms with Crippen LogP contribution in [0.4, 0.5) is 22.0 Å². The van der Waals surface area contributed by atoms with Gasteiger partial charge < -0.3 is 20.9 Å². The van der Waals surface area contributed by atoms with Gasteiger partial charge in [0.1, 0.15) is 0 Å². The third-order valence-electron chi connectivity index (χ3n) is 6.77. The topological polar surface area (TPSA) is 70.5 Å². The van der Waals surface area contributed by atoms with Crippen LogP contribution in [0.1, 0.15) is 31.7 Å². The number of halogens is 5. The van der Waals surface area contributed by atoms with Gasteiger partial charge in [0.25, 0.3) is 0 Å². The monoisotopic (exact) mass is 466 g/mol. The summed E-state index contributed by atoms with van der Waals surface area (Å²) in [4.78, 5) is 0. The summed E-state index contributed by atoms with van der Waals surface area (Å²) in [5.74, 6) is -5.13.